The summed E-state index contributed by atoms with van der Waals surface area (Å²) in [6, 6.07) is 0. The average Bonchev–Trinajstić information content (AvgIpc) is 2.24. The standard InChI is InChI=1S/C6H15N.3C2H5.Al/c1-4-7(5-2)6-3;3*1-2;/h4-6H2,1-3H3;3*1H2,2H3;. The van der Waals surface area contributed by atoms with Crippen molar-refractivity contribution in [3.05, 3.63) is 0 Å². The van der Waals surface area contributed by atoms with E-state index in [1.807, 2.05) is 0 Å². The lowest BCUT2D eigenvalue weighted by Crippen LogP contribution is -2.21. The quantitative estimate of drug-likeness (QED) is 0.608. The Hall–Kier alpha value is 0.492. The molecule has 2 heteroatoms. The van der Waals surface area contributed by atoms with Crippen molar-refractivity contribution >= 4 is 14.1 Å². The molecule has 0 rings (SSSR count). The molecular weight excluding hydrogens is 185 g/mol. The Balaban J connectivity index is 0. The molecule has 0 fully saturated rings. The first kappa shape index (κ1) is 16.9. The SMILES string of the molecule is CCN(CC)CC.C[CH2][Al]([CH2]C)[CH2]C. The lowest BCUT2D eigenvalue weighted by Gasteiger charge is -2.13. The van der Waals surface area contributed by atoms with Crippen LogP contribution < -0.4 is 0 Å². The van der Waals surface area contributed by atoms with Gasteiger partial charge in [0.05, 0.1) is 0 Å². The molecule has 14 heavy (non-hydrogen) atoms. The Morgan fingerprint density at radius 1 is 0.643 bits per heavy atom. The fourth-order valence-electron chi connectivity index (χ4n) is 1.54. The highest BCUT2D eigenvalue weighted by Gasteiger charge is 2.05. The van der Waals surface area contributed by atoms with Crippen LogP contribution in [-0.4, -0.2) is 38.7 Å². The highest BCUT2D eigenvalue weighted by molar-refractivity contribution is 6.58. The van der Waals surface area contributed by atoms with E-state index in [4.69, 9.17) is 0 Å². The third-order valence-corrected chi connectivity index (χ3v) is 6.54. The summed E-state index contributed by atoms with van der Waals surface area (Å²) in [7, 11) is 0. The number of hydrogen-bond acceptors (Lipinski definition) is 1. The average molecular weight is 215 g/mol. The second-order valence-electron chi connectivity index (χ2n) is 3.71. The van der Waals surface area contributed by atoms with E-state index in [0.717, 1.165) is 0 Å². The summed E-state index contributed by atoms with van der Waals surface area (Å²) in [4.78, 5) is 2.38. The van der Waals surface area contributed by atoms with E-state index in [9.17, 15) is 0 Å². The monoisotopic (exact) mass is 215 g/mol. The summed E-state index contributed by atoms with van der Waals surface area (Å²) in [6.45, 7) is 17.1. The van der Waals surface area contributed by atoms with Gasteiger partial charge in [-0.25, -0.2) is 0 Å². The highest BCUT2D eigenvalue weighted by Crippen LogP contribution is 2.01. The van der Waals surface area contributed by atoms with E-state index < -0.39 is 0 Å². The lowest BCUT2D eigenvalue weighted by atomic mass is 10.5. The molecule has 0 aromatic rings. The second kappa shape index (κ2) is 13.5. The minimum atomic E-state index is -0.171. The fourth-order valence-corrected chi connectivity index (χ4v) is 3.27. The molecule has 0 aliphatic carbocycles. The van der Waals surface area contributed by atoms with Crippen LogP contribution in [0.15, 0.2) is 0 Å². The molecule has 0 bridgehead atoms. The second-order valence-corrected chi connectivity index (χ2v) is 7.89. The first-order valence-corrected chi connectivity index (χ1v) is 8.87. The van der Waals surface area contributed by atoms with Crippen LogP contribution in [0.5, 0.6) is 0 Å². The molecule has 0 heterocycles. The zero-order chi connectivity index (χ0) is 11.4. The maximum atomic E-state index is 2.38. The summed E-state index contributed by atoms with van der Waals surface area (Å²) < 4.78 is 0. The van der Waals surface area contributed by atoms with Crippen molar-refractivity contribution in [3.63, 3.8) is 0 Å². The van der Waals surface area contributed by atoms with Gasteiger partial charge in [0, 0.05) is 0 Å². The van der Waals surface area contributed by atoms with Gasteiger partial charge in [-0.1, -0.05) is 57.4 Å². The summed E-state index contributed by atoms with van der Waals surface area (Å²) in [5.41, 5.74) is 0. The highest BCUT2D eigenvalue weighted by atomic mass is 27.2. The summed E-state index contributed by atoms with van der Waals surface area (Å²) in [5.74, 6) is 0. The minimum absolute atomic E-state index is 0.171. The Labute approximate surface area is 96.3 Å². The molecule has 0 amide bonds. The summed E-state index contributed by atoms with van der Waals surface area (Å²) >= 11 is -0.171. The van der Waals surface area contributed by atoms with Crippen molar-refractivity contribution in [3.8, 4) is 0 Å². The maximum Gasteiger partial charge on any atom is 0.261 e. The minimum Gasteiger partial charge on any atom is -0.304 e. The van der Waals surface area contributed by atoms with Crippen LogP contribution in [0.4, 0.5) is 0 Å². The predicted molar refractivity (Wildman–Crippen MR) is 70.7 cm³/mol. The van der Waals surface area contributed by atoms with Crippen molar-refractivity contribution in [2.24, 2.45) is 0 Å². The summed E-state index contributed by atoms with van der Waals surface area (Å²) in [5, 5.41) is 4.48. The van der Waals surface area contributed by atoms with Gasteiger partial charge in [-0.2, -0.15) is 0 Å². The van der Waals surface area contributed by atoms with Crippen molar-refractivity contribution in [1.82, 2.24) is 4.90 Å². The molecule has 0 unspecified atom stereocenters. The molecule has 0 aromatic carbocycles. The fraction of sp³-hybridized carbons (Fsp3) is 1.00. The molecule has 0 spiro atoms. The summed E-state index contributed by atoms with van der Waals surface area (Å²) in [6.07, 6.45) is 0. The van der Waals surface area contributed by atoms with Crippen LogP contribution in [-0.2, 0) is 0 Å². The van der Waals surface area contributed by atoms with E-state index in [1.54, 1.807) is 0 Å². The molecule has 0 saturated heterocycles. The van der Waals surface area contributed by atoms with E-state index >= 15 is 0 Å². The van der Waals surface area contributed by atoms with E-state index in [0.29, 0.717) is 0 Å². The van der Waals surface area contributed by atoms with Crippen molar-refractivity contribution in [2.75, 3.05) is 19.6 Å². The number of hydrogen-bond donors (Lipinski definition) is 0. The Kier molecular flexibility index (Phi) is 16.3. The van der Waals surface area contributed by atoms with Gasteiger partial charge in [-0.3, -0.25) is 0 Å². The van der Waals surface area contributed by atoms with Gasteiger partial charge >= 0.3 is 0 Å². The van der Waals surface area contributed by atoms with Crippen LogP contribution in [0, 0.1) is 0 Å². The van der Waals surface area contributed by atoms with Gasteiger partial charge in [0.25, 0.3) is 14.1 Å². The maximum absolute atomic E-state index is 2.38. The third kappa shape index (κ3) is 10.6. The smallest absolute Gasteiger partial charge is 0.261 e. The topological polar surface area (TPSA) is 3.24 Å². The first-order valence-electron chi connectivity index (χ1n) is 6.42. The Morgan fingerprint density at radius 2 is 0.929 bits per heavy atom. The van der Waals surface area contributed by atoms with Crippen LogP contribution in [0.2, 0.25) is 15.8 Å². The van der Waals surface area contributed by atoms with Crippen molar-refractivity contribution in [1.29, 1.82) is 0 Å². The van der Waals surface area contributed by atoms with Crippen LogP contribution in [0.25, 0.3) is 0 Å². The van der Waals surface area contributed by atoms with Crippen LogP contribution in [0.3, 0.4) is 0 Å². The predicted octanol–water partition coefficient (Wildman–Crippen LogP) is 3.89. The molecular formula is C12H30AlN. The molecule has 1 nitrogen and oxygen atoms in total. The van der Waals surface area contributed by atoms with Crippen LogP contribution in [0.1, 0.15) is 41.5 Å². The Morgan fingerprint density at radius 3 is 0.929 bits per heavy atom. The van der Waals surface area contributed by atoms with Gasteiger partial charge in [0.1, 0.15) is 0 Å². The van der Waals surface area contributed by atoms with E-state index in [2.05, 4.69) is 46.4 Å². The third-order valence-electron chi connectivity index (χ3n) is 3.07. The lowest BCUT2D eigenvalue weighted by molar-refractivity contribution is 0.321. The van der Waals surface area contributed by atoms with Gasteiger partial charge in [0.2, 0.25) is 0 Å². The molecule has 0 aliphatic heterocycles. The number of nitrogens with zero attached hydrogens (tertiary/aromatic N) is 1. The zero-order valence-corrected chi connectivity index (χ0v) is 12.4. The van der Waals surface area contributed by atoms with E-state index in [1.165, 1.54) is 35.5 Å². The van der Waals surface area contributed by atoms with Crippen LogP contribution >= 0.6 is 0 Å². The van der Waals surface area contributed by atoms with Gasteiger partial charge in [-0.15, -0.1) is 0 Å². The molecule has 86 valence electrons. The molecule has 0 aliphatic rings. The van der Waals surface area contributed by atoms with E-state index in [-0.39, 0.29) is 14.1 Å². The molecule has 0 saturated carbocycles. The number of rotatable bonds is 6. The largest absolute Gasteiger partial charge is 0.304 e. The van der Waals surface area contributed by atoms with Crippen molar-refractivity contribution < 1.29 is 0 Å². The van der Waals surface area contributed by atoms with Gasteiger partial charge in [0.15, 0.2) is 0 Å². The Bertz CT molecular complexity index is 65.3. The van der Waals surface area contributed by atoms with Gasteiger partial charge in [-0.05, 0) is 19.6 Å². The molecule has 0 atom stereocenters. The molecule has 0 aromatic heterocycles. The normalized spacial score (nSPS) is 9.64. The van der Waals surface area contributed by atoms with Gasteiger partial charge < -0.3 is 4.90 Å². The van der Waals surface area contributed by atoms with Crippen molar-refractivity contribution in [2.45, 2.75) is 57.4 Å². The zero-order valence-electron chi connectivity index (χ0n) is 11.3. The first-order chi connectivity index (χ1) is 6.69. The molecule has 0 N–H and O–H groups in total. The molecule has 0 radical (unpaired) electrons.